The Morgan fingerprint density at radius 3 is 0.910 bits per heavy atom. The van der Waals surface area contributed by atoms with Gasteiger partial charge in [-0.05, 0) is 148 Å². The van der Waals surface area contributed by atoms with Gasteiger partial charge in [-0.3, -0.25) is 39.1 Å². The molecule has 0 amide bonds. The molecule has 16 heteroatoms. The molecule has 0 fully saturated rings. The van der Waals surface area contributed by atoms with E-state index in [1.807, 2.05) is 191 Å². The van der Waals surface area contributed by atoms with Crippen LogP contribution in [0.1, 0.15) is 213 Å². The van der Waals surface area contributed by atoms with Crippen LogP contribution in [0.4, 0.5) is 0 Å². The Kier molecular flexibility index (Phi) is 36.8. The average Bonchev–Trinajstić information content (AvgIpc) is 0.889. The van der Waals surface area contributed by atoms with Crippen LogP contribution in [-0.2, 0) is 66.5 Å². The highest BCUT2D eigenvalue weighted by Gasteiger charge is 2.20. The minimum absolute atomic E-state index is 0.0684. The van der Waals surface area contributed by atoms with Crippen molar-refractivity contribution in [2.24, 2.45) is 0 Å². The zero-order chi connectivity index (χ0) is 73.6. The molecule has 16 nitrogen and oxygen atoms in total. The summed E-state index contributed by atoms with van der Waals surface area (Å²) in [5, 5.41) is 19.2. The number of hydrogen-bond donors (Lipinski definition) is 2. The van der Waals surface area contributed by atoms with Gasteiger partial charge in [0.15, 0.2) is 0 Å². The molecular weight excluding hydrogens is 1260 g/mol. The lowest BCUT2D eigenvalue weighted by molar-refractivity contribution is -0.191. The van der Waals surface area contributed by atoms with Gasteiger partial charge in [-0.25, -0.2) is 0 Å². The summed E-state index contributed by atoms with van der Waals surface area (Å²) >= 11 is 0. The van der Waals surface area contributed by atoms with Crippen molar-refractivity contribution in [3.63, 3.8) is 0 Å². The molecule has 0 radical (unpaired) electrons. The van der Waals surface area contributed by atoms with Crippen molar-refractivity contribution >= 4 is 34.9 Å². The predicted molar refractivity (Wildman–Crippen MR) is 394 cm³/mol. The summed E-state index contributed by atoms with van der Waals surface area (Å²) in [6.07, 6.45) is 11.8. The Morgan fingerprint density at radius 1 is 0.420 bits per heavy atom. The van der Waals surface area contributed by atoms with E-state index >= 15 is 0 Å². The van der Waals surface area contributed by atoms with Crippen LogP contribution in [0, 0.1) is 0 Å². The molecular formula is C84H104N4O12. The van der Waals surface area contributed by atoms with Gasteiger partial charge in [-0.15, -0.1) is 0 Å². The van der Waals surface area contributed by atoms with E-state index in [9.17, 15) is 29.4 Å². The molecule has 2 N–H and O–H groups in total. The van der Waals surface area contributed by atoms with E-state index in [2.05, 4.69) is 57.7 Å². The first-order valence-corrected chi connectivity index (χ1v) is 34.6. The van der Waals surface area contributed by atoms with Crippen LogP contribution < -0.4 is 18.9 Å². The molecule has 532 valence electrons. The number of carbonyl (C=O) groups is 4. The number of benzene rings is 4. The molecule has 8 rings (SSSR count). The third-order valence-electron chi connectivity index (χ3n) is 16.4. The summed E-state index contributed by atoms with van der Waals surface area (Å²) in [6, 6.07) is 47.1. The van der Waals surface area contributed by atoms with Crippen molar-refractivity contribution < 1.29 is 57.9 Å². The maximum Gasteiger partial charge on any atom is 0.373 e. The SMILES string of the molecule is C=C(C)c1ccc(CC(=O)C[C@H](C)c2ccc(OCC)cn2)cc1.CCOc1ccc([C@@H](C)CC(=O)Cc2ccc(C(C)(C)O)cc2)nc1.CCOc1ccc([C@@H](C)CC(=O)Cc2ccc(C(C)CO)cc2)nc1.CCOc1ccc([C@@H](C)CC(=O)Cc2ccc(CC)cc2)nc1.O=C=O. The second-order valence-electron chi connectivity index (χ2n) is 25.5. The second kappa shape index (κ2) is 44.4. The normalized spacial score (nSPS) is 12.2. The van der Waals surface area contributed by atoms with Gasteiger partial charge >= 0.3 is 6.15 Å². The van der Waals surface area contributed by atoms with E-state index in [-0.39, 0.29) is 65.5 Å². The zero-order valence-corrected chi connectivity index (χ0v) is 60.9. The van der Waals surface area contributed by atoms with Crippen LogP contribution in [0.15, 0.2) is 177 Å². The van der Waals surface area contributed by atoms with Crippen molar-refractivity contribution in [2.45, 2.75) is 183 Å². The minimum Gasteiger partial charge on any atom is -0.492 e. The second-order valence-corrected chi connectivity index (χ2v) is 25.5. The molecule has 4 heterocycles. The van der Waals surface area contributed by atoms with Gasteiger partial charge in [0, 0.05) is 110 Å². The maximum absolute atomic E-state index is 12.3. The highest BCUT2D eigenvalue weighted by atomic mass is 16.5. The first kappa shape index (κ1) is 82.8. The molecule has 4 aromatic heterocycles. The Labute approximate surface area is 593 Å². The number of allylic oxidation sites excluding steroid dienone is 1. The molecule has 4 aromatic carbocycles. The molecule has 0 saturated heterocycles. The fraction of sp³-hybridized carbons (Fsp3) is 0.393. The average molecular weight is 1360 g/mol. The zero-order valence-electron chi connectivity index (χ0n) is 60.9. The molecule has 1 unspecified atom stereocenters. The number of aryl methyl sites for hydroxylation is 1. The topological polar surface area (TPSA) is 231 Å². The molecule has 0 aliphatic heterocycles. The third kappa shape index (κ3) is 30.7. The maximum atomic E-state index is 12.3. The first-order chi connectivity index (χ1) is 47.8. The van der Waals surface area contributed by atoms with Crippen LogP contribution >= 0.6 is 0 Å². The van der Waals surface area contributed by atoms with Crippen LogP contribution in [0.3, 0.4) is 0 Å². The number of ketones is 4. The van der Waals surface area contributed by atoms with Gasteiger partial charge < -0.3 is 29.2 Å². The summed E-state index contributed by atoms with van der Waals surface area (Å²) < 4.78 is 21.6. The number of carbonyl (C=O) groups excluding carboxylic acids is 6. The molecule has 0 saturated carbocycles. The Bertz CT molecular complexity index is 3730. The van der Waals surface area contributed by atoms with E-state index in [1.54, 1.807) is 38.6 Å². The molecule has 0 aliphatic carbocycles. The lowest BCUT2D eigenvalue weighted by Crippen LogP contribution is -2.15. The number of rotatable bonds is 33. The summed E-state index contributed by atoms with van der Waals surface area (Å²) in [7, 11) is 0. The number of pyridine rings is 4. The van der Waals surface area contributed by atoms with E-state index in [1.165, 1.54) is 5.56 Å². The highest BCUT2D eigenvalue weighted by Crippen LogP contribution is 2.27. The number of aliphatic hydroxyl groups is 2. The summed E-state index contributed by atoms with van der Waals surface area (Å²) in [4.78, 5) is 83.1. The number of hydrogen-bond acceptors (Lipinski definition) is 16. The number of aromatic nitrogens is 4. The van der Waals surface area contributed by atoms with E-state index < -0.39 is 5.60 Å². The Balaban J connectivity index is 0.000000279. The monoisotopic (exact) mass is 1360 g/mol. The van der Waals surface area contributed by atoms with Gasteiger partial charge in [-0.2, -0.15) is 9.59 Å². The van der Waals surface area contributed by atoms with E-state index in [0.717, 1.165) is 96.7 Å². The molecule has 0 aliphatic rings. The van der Waals surface area contributed by atoms with Crippen molar-refractivity contribution in [1.82, 2.24) is 19.9 Å². The van der Waals surface area contributed by atoms with Crippen LogP contribution in [0.25, 0.3) is 5.57 Å². The largest absolute Gasteiger partial charge is 0.492 e. The number of Topliss-reactive ketones (excluding diaryl/α,β-unsaturated/α-hetero) is 4. The lowest BCUT2D eigenvalue weighted by atomic mass is 9.94. The van der Waals surface area contributed by atoms with Gasteiger partial charge in [-0.1, -0.05) is 151 Å². The first-order valence-electron chi connectivity index (χ1n) is 34.6. The Morgan fingerprint density at radius 2 is 0.680 bits per heavy atom. The number of aliphatic hydroxyl groups excluding tert-OH is 1. The lowest BCUT2D eigenvalue weighted by Gasteiger charge is -2.18. The number of nitrogens with zero attached hydrogens (tertiary/aromatic N) is 4. The smallest absolute Gasteiger partial charge is 0.373 e. The highest BCUT2D eigenvalue weighted by molar-refractivity contribution is 5.83. The van der Waals surface area contributed by atoms with Crippen LogP contribution in [-0.4, -0.2) is 92.5 Å². The van der Waals surface area contributed by atoms with Gasteiger partial charge in [0.2, 0.25) is 0 Å². The van der Waals surface area contributed by atoms with E-state index in [4.69, 9.17) is 28.5 Å². The predicted octanol–water partition coefficient (Wildman–Crippen LogP) is 16.5. The fourth-order valence-electron chi connectivity index (χ4n) is 10.6. The van der Waals surface area contributed by atoms with Crippen LogP contribution in [0.5, 0.6) is 23.0 Å². The van der Waals surface area contributed by atoms with Gasteiger partial charge in [0.1, 0.15) is 46.1 Å². The van der Waals surface area contributed by atoms with Crippen molar-refractivity contribution in [1.29, 1.82) is 0 Å². The summed E-state index contributed by atoms with van der Waals surface area (Å²) in [5.41, 5.74) is 12.3. The minimum atomic E-state index is -0.865. The van der Waals surface area contributed by atoms with Gasteiger partial charge in [0.25, 0.3) is 0 Å². The molecule has 0 spiro atoms. The van der Waals surface area contributed by atoms with E-state index in [0.29, 0.717) is 77.8 Å². The standard InChI is InChI=1S/2C21H27NO3.C21H25NO2.C20H25NO2.CO2/c1-5-25-19-10-11-20(22-14-19)15(2)12-18(23)13-16-6-8-17(9-7-16)21(3,4)24;1-4-25-20-9-10-21(22-13-20)15(2)11-19(24)12-17-5-7-18(8-6-17)16(3)14-23;1-5-24-20-10-11-21(22-14-20)16(4)12-19(23)13-17-6-8-18(9-7-17)15(2)3;1-4-16-6-8-17(9-7-16)13-18(22)12-15(3)20-11-10-19(14-21-20)23-5-2;2-1-3/h6-11,14-15,24H,5,12-13H2,1-4H3;5-10,13,15-16,23H,4,11-12,14H2,1-3H3;6-11,14,16H,2,5,12-13H2,1,3-4H3;6-11,14-15H,4-5,12-13H2,1-3H3;/t15-;15-,16?;16-;15-;/m0000./s1. The Hall–Kier alpha value is -9.60. The summed E-state index contributed by atoms with van der Waals surface area (Å²) in [5.74, 6) is 4.37. The van der Waals surface area contributed by atoms with Crippen LogP contribution in [0.2, 0.25) is 0 Å². The molecule has 100 heavy (non-hydrogen) atoms. The summed E-state index contributed by atoms with van der Waals surface area (Å²) in [6.45, 7) is 32.0. The quantitative estimate of drug-likeness (QED) is 0.0389. The van der Waals surface area contributed by atoms with Crippen molar-refractivity contribution in [3.05, 3.63) is 244 Å². The molecule has 5 atom stereocenters. The third-order valence-corrected chi connectivity index (χ3v) is 16.4. The fourth-order valence-corrected chi connectivity index (χ4v) is 10.6. The number of ether oxygens (including phenoxy) is 4. The molecule has 0 bridgehead atoms. The molecule has 8 aromatic rings. The van der Waals surface area contributed by atoms with Crippen molar-refractivity contribution in [3.8, 4) is 23.0 Å². The van der Waals surface area contributed by atoms with Crippen molar-refractivity contribution in [2.75, 3.05) is 33.0 Å². The van der Waals surface area contributed by atoms with Gasteiger partial charge in [0.05, 0.1) is 56.8 Å².